The second kappa shape index (κ2) is 8.47. The van der Waals surface area contributed by atoms with Gasteiger partial charge in [0.1, 0.15) is 11.9 Å². The molecule has 0 aliphatic heterocycles. The summed E-state index contributed by atoms with van der Waals surface area (Å²) in [5, 5.41) is 15.8. The van der Waals surface area contributed by atoms with Gasteiger partial charge in [0.2, 0.25) is 5.91 Å². The number of rotatable bonds is 7. The second-order valence-corrected chi connectivity index (χ2v) is 8.60. The first kappa shape index (κ1) is 22.2. The number of alkyl halides is 3. The number of amides is 2. The van der Waals surface area contributed by atoms with Crippen molar-refractivity contribution >= 4 is 17.8 Å². The fraction of sp³-hybridized carbons (Fsp3) is 0.600. The Morgan fingerprint density at radius 2 is 2.09 bits per heavy atom. The fourth-order valence-electron chi connectivity index (χ4n) is 4.06. The van der Waals surface area contributed by atoms with E-state index >= 15 is 0 Å². The minimum Gasteiger partial charge on any atom is -0.446 e. The number of halogens is 3. The van der Waals surface area contributed by atoms with Crippen LogP contribution in [0.2, 0.25) is 0 Å². The van der Waals surface area contributed by atoms with E-state index in [9.17, 15) is 22.8 Å². The first-order valence-electron chi connectivity index (χ1n) is 10.4. The lowest BCUT2D eigenvalue weighted by molar-refractivity contribution is -0.141. The number of aromatic nitrogens is 3. The topological polar surface area (TPSA) is 122 Å². The van der Waals surface area contributed by atoms with Crippen LogP contribution in [0.5, 0.6) is 0 Å². The summed E-state index contributed by atoms with van der Waals surface area (Å²) >= 11 is 0. The molecule has 2 atom stereocenters. The summed E-state index contributed by atoms with van der Waals surface area (Å²) in [5.74, 6) is 0.559. The van der Waals surface area contributed by atoms with Gasteiger partial charge >= 0.3 is 12.3 Å². The number of nitrogens with one attached hydrogen (secondary N) is 3. The van der Waals surface area contributed by atoms with Crippen LogP contribution in [0, 0.1) is 6.92 Å². The summed E-state index contributed by atoms with van der Waals surface area (Å²) in [6.45, 7) is 1.76. The molecule has 3 N–H and O–H groups in total. The number of hydrogen-bond donors (Lipinski definition) is 3. The standard InChI is InChI=1S/C20H24F3N5O4/c1-11-6-14(32-28-11)8-17(29)24-16-9-15(26-27-16)12-2-3-13(7-12)31-18(30)25-19(4-5-19)10-20(21,22)23/h6,9,12-13H,2-5,7-8,10H2,1H3,(H,25,30)(H2,24,26,27,29). The molecule has 174 valence electrons. The van der Waals surface area contributed by atoms with Crippen LogP contribution in [0.25, 0.3) is 0 Å². The third-order valence-corrected chi connectivity index (χ3v) is 5.73. The summed E-state index contributed by atoms with van der Waals surface area (Å²) in [6, 6.07) is 3.40. The molecule has 32 heavy (non-hydrogen) atoms. The van der Waals surface area contributed by atoms with Gasteiger partial charge in [-0.1, -0.05) is 5.16 Å². The number of ether oxygens (including phenoxy) is 1. The van der Waals surface area contributed by atoms with Crippen LogP contribution in [-0.2, 0) is 16.0 Å². The van der Waals surface area contributed by atoms with Crippen LogP contribution in [0.1, 0.15) is 61.6 Å². The van der Waals surface area contributed by atoms with Crippen LogP contribution in [0.3, 0.4) is 0 Å². The zero-order valence-electron chi connectivity index (χ0n) is 17.4. The van der Waals surface area contributed by atoms with Crippen molar-refractivity contribution in [2.24, 2.45) is 0 Å². The van der Waals surface area contributed by atoms with E-state index in [1.165, 1.54) is 0 Å². The number of alkyl carbamates (subject to hydrolysis) is 1. The molecule has 0 saturated heterocycles. The van der Waals surface area contributed by atoms with Gasteiger partial charge in [0, 0.05) is 23.7 Å². The van der Waals surface area contributed by atoms with Crippen molar-refractivity contribution in [2.75, 3.05) is 5.32 Å². The maximum Gasteiger partial charge on any atom is 0.407 e. The monoisotopic (exact) mass is 455 g/mol. The van der Waals surface area contributed by atoms with E-state index in [0.29, 0.717) is 43.0 Å². The third kappa shape index (κ3) is 5.80. The number of hydrogen-bond acceptors (Lipinski definition) is 6. The van der Waals surface area contributed by atoms with Crippen molar-refractivity contribution in [3.63, 3.8) is 0 Å². The average molecular weight is 455 g/mol. The number of aromatic amines is 1. The molecule has 2 aliphatic rings. The molecule has 2 unspecified atom stereocenters. The van der Waals surface area contributed by atoms with E-state index in [-0.39, 0.29) is 18.2 Å². The molecule has 0 spiro atoms. The molecule has 2 saturated carbocycles. The first-order chi connectivity index (χ1) is 15.1. The van der Waals surface area contributed by atoms with Gasteiger partial charge in [-0.05, 0) is 39.0 Å². The Labute approximate surface area is 181 Å². The van der Waals surface area contributed by atoms with Crippen LogP contribution in [0.15, 0.2) is 16.7 Å². The molecule has 12 heteroatoms. The molecule has 2 heterocycles. The van der Waals surface area contributed by atoms with Gasteiger partial charge in [0.25, 0.3) is 0 Å². The van der Waals surface area contributed by atoms with Crippen molar-refractivity contribution in [1.82, 2.24) is 20.7 Å². The van der Waals surface area contributed by atoms with E-state index in [1.54, 1.807) is 19.1 Å². The van der Waals surface area contributed by atoms with Crippen molar-refractivity contribution in [1.29, 1.82) is 0 Å². The largest absolute Gasteiger partial charge is 0.446 e. The zero-order chi connectivity index (χ0) is 22.9. The number of nitrogens with zero attached hydrogens (tertiary/aromatic N) is 2. The minimum absolute atomic E-state index is 0.0350. The highest BCUT2D eigenvalue weighted by atomic mass is 19.4. The number of aryl methyl sites for hydroxylation is 1. The van der Waals surface area contributed by atoms with Gasteiger partial charge in [0.05, 0.1) is 24.1 Å². The SMILES string of the molecule is Cc1cc(CC(=O)Nc2cc(C3CCC(OC(=O)NC4(CC(F)(F)F)CC4)C3)[nH]n2)on1. The lowest BCUT2D eigenvalue weighted by Crippen LogP contribution is -2.41. The van der Waals surface area contributed by atoms with Crippen molar-refractivity contribution in [3.8, 4) is 0 Å². The number of H-pyrrole nitrogens is 1. The van der Waals surface area contributed by atoms with Gasteiger partial charge < -0.3 is 19.9 Å². The highest BCUT2D eigenvalue weighted by molar-refractivity contribution is 5.91. The van der Waals surface area contributed by atoms with Gasteiger partial charge in [-0.2, -0.15) is 18.3 Å². The highest BCUT2D eigenvalue weighted by Gasteiger charge is 2.52. The van der Waals surface area contributed by atoms with E-state index in [1.807, 2.05) is 0 Å². The maximum atomic E-state index is 12.6. The molecule has 2 fully saturated rings. The smallest absolute Gasteiger partial charge is 0.407 e. The van der Waals surface area contributed by atoms with Crippen LogP contribution < -0.4 is 10.6 Å². The van der Waals surface area contributed by atoms with Crippen LogP contribution in [0.4, 0.5) is 23.8 Å². The molecule has 2 aliphatic carbocycles. The van der Waals surface area contributed by atoms with Gasteiger partial charge in [-0.25, -0.2) is 4.79 Å². The summed E-state index contributed by atoms with van der Waals surface area (Å²) in [6.07, 6.45) is -4.10. The summed E-state index contributed by atoms with van der Waals surface area (Å²) < 4.78 is 48.3. The number of carbonyl (C=O) groups is 2. The van der Waals surface area contributed by atoms with Gasteiger partial charge in [0.15, 0.2) is 5.82 Å². The maximum absolute atomic E-state index is 12.6. The normalized spacial score (nSPS) is 21.9. The average Bonchev–Trinajstić information content (AvgIpc) is 3.08. The van der Waals surface area contributed by atoms with Crippen molar-refractivity contribution in [2.45, 2.75) is 75.6 Å². The lowest BCUT2D eigenvalue weighted by atomic mass is 10.0. The van der Waals surface area contributed by atoms with E-state index in [4.69, 9.17) is 9.26 Å². The predicted molar refractivity (Wildman–Crippen MR) is 105 cm³/mol. The fourth-order valence-corrected chi connectivity index (χ4v) is 4.06. The highest BCUT2D eigenvalue weighted by Crippen LogP contribution is 2.44. The molecule has 2 aromatic heterocycles. The molecule has 2 aromatic rings. The Morgan fingerprint density at radius 3 is 2.75 bits per heavy atom. The lowest BCUT2D eigenvalue weighted by Gasteiger charge is -2.20. The molecule has 9 nitrogen and oxygen atoms in total. The third-order valence-electron chi connectivity index (χ3n) is 5.73. The van der Waals surface area contributed by atoms with Crippen molar-refractivity contribution < 1.29 is 32.0 Å². The zero-order valence-corrected chi connectivity index (χ0v) is 17.4. The van der Waals surface area contributed by atoms with E-state index in [2.05, 4.69) is 26.0 Å². The minimum atomic E-state index is -4.33. The van der Waals surface area contributed by atoms with E-state index in [0.717, 1.165) is 12.1 Å². The Morgan fingerprint density at radius 1 is 1.31 bits per heavy atom. The molecule has 2 amide bonds. The molecular weight excluding hydrogens is 431 g/mol. The molecule has 0 aromatic carbocycles. The predicted octanol–water partition coefficient (Wildman–Crippen LogP) is 3.73. The van der Waals surface area contributed by atoms with Gasteiger partial charge in [-0.15, -0.1) is 0 Å². The summed E-state index contributed by atoms with van der Waals surface area (Å²) in [4.78, 5) is 24.2. The number of anilines is 1. The molecule has 4 rings (SSSR count). The van der Waals surface area contributed by atoms with Gasteiger partial charge in [-0.3, -0.25) is 9.89 Å². The Kier molecular flexibility index (Phi) is 5.87. The quantitative estimate of drug-likeness (QED) is 0.585. The summed E-state index contributed by atoms with van der Waals surface area (Å²) in [5.41, 5.74) is 0.265. The van der Waals surface area contributed by atoms with Crippen LogP contribution >= 0.6 is 0 Å². The first-order valence-corrected chi connectivity index (χ1v) is 10.4. The Balaban J connectivity index is 1.24. The molecule has 0 radical (unpaired) electrons. The van der Waals surface area contributed by atoms with Crippen LogP contribution in [-0.4, -0.2) is 45.2 Å². The number of carbonyl (C=O) groups excluding carboxylic acids is 2. The second-order valence-electron chi connectivity index (χ2n) is 8.60. The van der Waals surface area contributed by atoms with Crippen molar-refractivity contribution in [3.05, 3.63) is 29.3 Å². The molecular formula is C20H24F3N5O4. The summed E-state index contributed by atoms with van der Waals surface area (Å²) in [7, 11) is 0. The van der Waals surface area contributed by atoms with E-state index < -0.39 is 30.3 Å². The molecule has 0 bridgehead atoms. The Bertz CT molecular complexity index is 982. The Hall–Kier alpha value is -3.05.